The van der Waals surface area contributed by atoms with Crippen LogP contribution >= 0.6 is 11.6 Å². The Hall–Kier alpha value is -1.31. The van der Waals surface area contributed by atoms with E-state index < -0.39 is 0 Å². The second-order valence-electron chi connectivity index (χ2n) is 6.19. The Kier molecular flexibility index (Phi) is 4.95. The van der Waals surface area contributed by atoms with E-state index in [2.05, 4.69) is 42.5 Å². The molecule has 1 heterocycles. The molecule has 110 valence electrons. The van der Waals surface area contributed by atoms with E-state index in [4.69, 9.17) is 11.6 Å². The Morgan fingerprint density at radius 2 is 1.52 bits per heavy atom. The molecule has 1 aliphatic heterocycles. The molecule has 1 fully saturated rings. The van der Waals surface area contributed by atoms with Gasteiger partial charge in [0, 0.05) is 10.6 Å². The highest BCUT2D eigenvalue weighted by Gasteiger charge is 2.22. The normalized spacial score (nSPS) is 22.1. The SMILES string of the molecule is Clc1ccc(C[NH+]2CCC(Cc3ccccc3)CC2)cc1. The molecular formula is C19H23ClN+. The van der Waals surface area contributed by atoms with E-state index in [1.54, 1.807) is 4.90 Å². The largest absolute Gasteiger partial charge is 0.331 e. The summed E-state index contributed by atoms with van der Waals surface area (Å²) in [6, 6.07) is 19.2. The summed E-state index contributed by atoms with van der Waals surface area (Å²) in [5.74, 6) is 0.862. The molecule has 0 unspecified atom stereocenters. The molecule has 2 heteroatoms. The summed E-state index contributed by atoms with van der Waals surface area (Å²) in [6.45, 7) is 3.72. The van der Waals surface area contributed by atoms with Gasteiger partial charge in [0.05, 0.1) is 13.1 Å². The van der Waals surface area contributed by atoms with Crippen LogP contribution in [0.5, 0.6) is 0 Å². The Labute approximate surface area is 132 Å². The predicted octanol–water partition coefficient (Wildman–Crippen LogP) is 3.38. The molecule has 21 heavy (non-hydrogen) atoms. The van der Waals surface area contributed by atoms with Crippen LogP contribution in [0.3, 0.4) is 0 Å². The van der Waals surface area contributed by atoms with Crippen molar-refractivity contribution in [1.82, 2.24) is 0 Å². The molecule has 0 spiro atoms. The van der Waals surface area contributed by atoms with E-state index in [9.17, 15) is 0 Å². The summed E-state index contributed by atoms with van der Waals surface area (Å²) in [6.07, 6.45) is 3.94. The lowest BCUT2D eigenvalue weighted by molar-refractivity contribution is -0.919. The van der Waals surface area contributed by atoms with Crippen molar-refractivity contribution in [2.24, 2.45) is 5.92 Å². The predicted molar refractivity (Wildman–Crippen MR) is 88.7 cm³/mol. The molecule has 0 aromatic heterocycles. The van der Waals surface area contributed by atoms with E-state index in [0.717, 1.165) is 17.5 Å². The topological polar surface area (TPSA) is 4.44 Å². The fourth-order valence-corrected chi connectivity index (χ4v) is 3.43. The van der Waals surface area contributed by atoms with Crippen LogP contribution in [0.2, 0.25) is 5.02 Å². The van der Waals surface area contributed by atoms with Crippen LogP contribution in [-0.2, 0) is 13.0 Å². The van der Waals surface area contributed by atoms with Gasteiger partial charge in [0.1, 0.15) is 6.54 Å². The van der Waals surface area contributed by atoms with Crippen molar-refractivity contribution in [1.29, 1.82) is 0 Å². The van der Waals surface area contributed by atoms with Crippen LogP contribution in [0.15, 0.2) is 54.6 Å². The molecule has 0 aliphatic carbocycles. The minimum atomic E-state index is 0.829. The zero-order valence-corrected chi connectivity index (χ0v) is 13.2. The number of likely N-dealkylation sites (tertiary alicyclic amines) is 1. The van der Waals surface area contributed by atoms with E-state index >= 15 is 0 Å². The molecule has 0 radical (unpaired) electrons. The molecule has 2 aromatic rings. The van der Waals surface area contributed by atoms with Gasteiger partial charge in [-0.15, -0.1) is 0 Å². The van der Waals surface area contributed by atoms with Crippen molar-refractivity contribution in [3.63, 3.8) is 0 Å². The maximum Gasteiger partial charge on any atom is 0.103 e. The molecule has 3 rings (SSSR count). The smallest absolute Gasteiger partial charge is 0.103 e. The van der Waals surface area contributed by atoms with E-state index in [1.165, 1.54) is 43.5 Å². The molecule has 0 amide bonds. The monoisotopic (exact) mass is 300 g/mol. The van der Waals surface area contributed by atoms with Gasteiger partial charge in [-0.1, -0.05) is 54.1 Å². The van der Waals surface area contributed by atoms with E-state index in [-0.39, 0.29) is 0 Å². The van der Waals surface area contributed by atoms with Crippen molar-refractivity contribution in [2.45, 2.75) is 25.8 Å². The average molecular weight is 301 g/mol. The van der Waals surface area contributed by atoms with Crippen molar-refractivity contribution >= 4 is 11.6 Å². The Balaban J connectivity index is 1.47. The average Bonchev–Trinajstić information content (AvgIpc) is 2.53. The quantitative estimate of drug-likeness (QED) is 0.883. The zero-order valence-electron chi connectivity index (χ0n) is 12.4. The molecule has 0 bridgehead atoms. The van der Waals surface area contributed by atoms with E-state index in [1.807, 2.05) is 12.1 Å². The number of quaternary nitrogens is 1. The first-order valence-electron chi connectivity index (χ1n) is 7.91. The summed E-state index contributed by atoms with van der Waals surface area (Å²) in [5, 5.41) is 0.829. The van der Waals surface area contributed by atoms with Gasteiger partial charge >= 0.3 is 0 Å². The maximum absolute atomic E-state index is 5.94. The Bertz CT molecular complexity index is 542. The van der Waals surface area contributed by atoms with Crippen molar-refractivity contribution in [3.8, 4) is 0 Å². The number of piperidine rings is 1. The number of nitrogens with one attached hydrogen (secondary N) is 1. The molecule has 0 saturated carbocycles. The number of hydrogen-bond donors (Lipinski definition) is 1. The number of rotatable bonds is 4. The van der Waals surface area contributed by atoms with Gasteiger partial charge < -0.3 is 4.90 Å². The molecule has 1 nitrogen and oxygen atoms in total. The highest BCUT2D eigenvalue weighted by molar-refractivity contribution is 6.30. The second-order valence-corrected chi connectivity index (χ2v) is 6.62. The highest BCUT2D eigenvalue weighted by Crippen LogP contribution is 2.17. The fraction of sp³-hybridized carbons (Fsp3) is 0.368. The minimum Gasteiger partial charge on any atom is -0.331 e. The first-order chi connectivity index (χ1) is 10.3. The lowest BCUT2D eigenvalue weighted by atomic mass is 9.90. The Morgan fingerprint density at radius 3 is 2.19 bits per heavy atom. The second kappa shape index (κ2) is 7.11. The van der Waals surface area contributed by atoms with Gasteiger partial charge in [0.2, 0.25) is 0 Å². The van der Waals surface area contributed by atoms with Gasteiger partial charge in [-0.2, -0.15) is 0 Å². The van der Waals surface area contributed by atoms with Crippen molar-refractivity contribution in [2.75, 3.05) is 13.1 Å². The maximum atomic E-state index is 5.94. The van der Waals surface area contributed by atoms with Gasteiger partial charge in [0.25, 0.3) is 0 Å². The van der Waals surface area contributed by atoms with Crippen LogP contribution in [0.4, 0.5) is 0 Å². The number of benzene rings is 2. The van der Waals surface area contributed by atoms with E-state index in [0.29, 0.717) is 0 Å². The molecule has 1 N–H and O–H groups in total. The summed E-state index contributed by atoms with van der Waals surface area (Å²) in [7, 11) is 0. The van der Waals surface area contributed by atoms with Gasteiger partial charge in [0.15, 0.2) is 0 Å². The highest BCUT2D eigenvalue weighted by atomic mass is 35.5. The van der Waals surface area contributed by atoms with Gasteiger partial charge in [-0.25, -0.2) is 0 Å². The van der Waals surface area contributed by atoms with Crippen LogP contribution in [0.1, 0.15) is 24.0 Å². The summed E-state index contributed by atoms with van der Waals surface area (Å²) in [5.41, 5.74) is 2.89. The molecule has 0 atom stereocenters. The molecule has 2 aromatic carbocycles. The minimum absolute atomic E-state index is 0.829. The Morgan fingerprint density at radius 1 is 0.857 bits per heavy atom. The number of hydrogen-bond acceptors (Lipinski definition) is 0. The third-order valence-electron chi connectivity index (χ3n) is 4.55. The van der Waals surface area contributed by atoms with Crippen LogP contribution in [0, 0.1) is 5.92 Å². The lowest BCUT2D eigenvalue weighted by Gasteiger charge is -2.29. The molecule has 1 aliphatic rings. The first kappa shape index (κ1) is 14.6. The number of halogens is 1. The first-order valence-corrected chi connectivity index (χ1v) is 8.29. The lowest BCUT2D eigenvalue weighted by Crippen LogP contribution is -3.11. The van der Waals surface area contributed by atoms with Crippen molar-refractivity contribution in [3.05, 3.63) is 70.7 Å². The van der Waals surface area contributed by atoms with Crippen LogP contribution < -0.4 is 4.90 Å². The standard InChI is InChI=1S/C19H22ClN/c20-19-8-6-18(7-9-19)15-21-12-10-17(11-13-21)14-16-4-2-1-3-5-16/h1-9,17H,10-15H2/p+1. The zero-order chi connectivity index (χ0) is 14.5. The third-order valence-corrected chi connectivity index (χ3v) is 4.80. The third kappa shape index (κ3) is 4.33. The van der Waals surface area contributed by atoms with Gasteiger partial charge in [-0.3, -0.25) is 0 Å². The van der Waals surface area contributed by atoms with Crippen molar-refractivity contribution < 1.29 is 4.90 Å². The summed E-state index contributed by atoms with van der Waals surface area (Å²) in [4.78, 5) is 1.71. The van der Waals surface area contributed by atoms with Crippen LogP contribution in [-0.4, -0.2) is 13.1 Å². The molecule has 1 saturated heterocycles. The molecular weight excluding hydrogens is 278 g/mol. The van der Waals surface area contributed by atoms with Gasteiger partial charge in [-0.05, 0) is 42.9 Å². The fourth-order valence-electron chi connectivity index (χ4n) is 3.31. The van der Waals surface area contributed by atoms with Crippen LogP contribution in [0.25, 0.3) is 0 Å². The summed E-state index contributed by atoms with van der Waals surface area (Å²) < 4.78 is 0. The summed E-state index contributed by atoms with van der Waals surface area (Å²) >= 11 is 5.94.